The van der Waals surface area contributed by atoms with Gasteiger partial charge in [0, 0.05) is 42.2 Å². The number of carbonyl (C=O) groups is 1. The van der Waals surface area contributed by atoms with Gasteiger partial charge in [-0.05, 0) is 25.0 Å². The average Bonchev–Trinajstić information content (AvgIpc) is 3.23. The van der Waals surface area contributed by atoms with Gasteiger partial charge >= 0.3 is 0 Å². The summed E-state index contributed by atoms with van der Waals surface area (Å²) >= 11 is 1.46. The van der Waals surface area contributed by atoms with E-state index in [2.05, 4.69) is 15.0 Å². The van der Waals surface area contributed by atoms with E-state index in [1.165, 1.54) is 17.4 Å². The zero-order chi connectivity index (χ0) is 17.9. The van der Waals surface area contributed by atoms with Crippen LogP contribution < -0.4 is 5.56 Å². The van der Waals surface area contributed by atoms with E-state index in [0.29, 0.717) is 30.2 Å². The number of H-pyrrole nitrogens is 1. The summed E-state index contributed by atoms with van der Waals surface area (Å²) in [7, 11) is 0. The molecule has 2 aromatic heterocycles. The fraction of sp³-hybridized carbons (Fsp3) is 0.263. The number of amides is 1. The van der Waals surface area contributed by atoms with Gasteiger partial charge in [-0.15, -0.1) is 11.3 Å². The van der Waals surface area contributed by atoms with E-state index < -0.39 is 0 Å². The van der Waals surface area contributed by atoms with Crippen LogP contribution in [-0.2, 0) is 0 Å². The van der Waals surface area contributed by atoms with E-state index in [-0.39, 0.29) is 17.4 Å². The molecule has 1 aliphatic rings. The molecule has 1 N–H and O–H groups in total. The number of rotatable bonds is 3. The van der Waals surface area contributed by atoms with Crippen molar-refractivity contribution in [3.8, 4) is 10.7 Å². The van der Waals surface area contributed by atoms with E-state index in [1.54, 1.807) is 6.20 Å². The lowest BCUT2D eigenvalue weighted by Gasteiger charge is -2.31. The van der Waals surface area contributed by atoms with Crippen LogP contribution in [0.5, 0.6) is 0 Å². The van der Waals surface area contributed by atoms with Gasteiger partial charge in [-0.1, -0.05) is 18.2 Å². The number of carbonyl (C=O) groups excluding carboxylic acids is 1. The summed E-state index contributed by atoms with van der Waals surface area (Å²) < 4.78 is 0. The summed E-state index contributed by atoms with van der Waals surface area (Å²) in [5.41, 5.74) is 1.16. The van der Waals surface area contributed by atoms with E-state index in [1.807, 2.05) is 40.6 Å². The Morgan fingerprint density at radius 2 is 1.96 bits per heavy atom. The maximum absolute atomic E-state index is 12.6. The first kappa shape index (κ1) is 16.7. The summed E-state index contributed by atoms with van der Waals surface area (Å²) in [6.45, 7) is 1.31. The van der Waals surface area contributed by atoms with E-state index in [9.17, 15) is 9.59 Å². The molecular formula is C19H18N4O2S. The average molecular weight is 366 g/mol. The number of piperidine rings is 1. The Balaban J connectivity index is 1.48. The Kier molecular flexibility index (Phi) is 4.62. The van der Waals surface area contributed by atoms with Gasteiger partial charge in [0.2, 0.25) is 0 Å². The Morgan fingerprint density at radius 1 is 1.19 bits per heavy atom. The Hall–Kier alpha value is -2.80. The van der Waals surface area contributed by atoms with Crippen molar-refractivity contribution in [1.29, 1.82) is 0 Å². The topological polar surface area (TPSA) is 79.0 Å². The minimum Gasteiger partial charge on any atom is -0.339 e. The molecule has 1 aliphatic heterocycles. The normalized spacial score (nSPS) is 15.2. The molecule has 7 heteroatoms. The lowest BCUT2D eigenvalue weighted by molar-refractivity contribution is 0.0711. The molecule has 0 radical (unpaired) electrons. The second-order valence-corrected chi connectivity index (χ2v) is 7.18. The predicted molar refractivity (Wildman–Crippen MR) is 100 cm³/mol. The molecule has 1 amide bonds. The van der Waals surface area contributed by atoms with Crippen LogP contribution in [0.1, 0.15) is 34.9 Å². The van der Waals surface area contributed by atoms with Crippen molar-refractivity contribution in [1.82, 2.24) is 19.9 Å². The quantitative estimate of drug-likeness (QED) is 0.773. The number of hydrogen-bond acceptors (Lipinski definition) is 5. The van der Waals surface area contributed by atoms with E-state index in [0.717, 1.165) is 17.8 Å². The van der Waals surface area contributed by atoms with Crippen molar-refractivity contribution in [3.63, 3.8) is 0 Å². The zero-order valence-corrected chi connectivity index (χ0v) is 14.9. The molecule has 0 bridgehead atoms. The fourth-order valence-corrected chi connectivity index (χ4v) is 3.85. The summed E-state index contributed by atoms with van der Waals surface area (Å²) in [6.07, 6.45) is 3.27. The monoisotopic (exact) mass is 366 g/mol. The second-order valence-electron chi connectivity index (χ2n) is 6.29. The molecule has 3 aromatic rings. The first-order chi connectivity index (χ1) is 12.7. The molecule has 132 valence electrons. The number of benzene rings is 1. The van der Waals surface area contributed by atoms with Gasteiger partial charge in [-0.3, -0.25) is 9.59 Å². The van der Waals surface area contributed by atoms with Crippen LogP contribution in [0.4, 0.5) is 0 Å². The minimum absolute atomic E-state index is 0.0574. The standard InChI is InChI=1S/C19H18N4O2S/c24-16-12-15(18-20-8-11-26-18)21-17(22-16)13-6-9-23(10-7-13)19(25)14-4-2-1-3-5-14/h1-5,8,11-13H,6-7,9-10H2,(H,21,22,24). The molecule has 1 aromatic carbocycles. The molecule has 1 fully saturated rings. The molecule has 0 unspecified atom stereocenters. The molecule has 6 nitrogen and oxygen atoms in total. The van der Waals surface area contributed by atoms with E-state index >= 15 is 0 Å². The van der Waals surface area contributed by atoms with Gasteiger partial charge in [-0.2, -0.15) is 0 Å². The molecule has 26 heavy (non-hydrogen) atoms. The number of aromatic nitrogens is 3. The molecule has 1 saturated heterocycles. The largest absolute Gasteiger partial charge is 0.339 e. The first-order valence-electron chi connectivity index (χ1n) is 8.56. The number of aromatic amines is 1. The summed E-state index contributed by atoms with van der Waals surface area (Å²) in [5, 5.41) is 2.61. The van der Waals surface area contributed by atoms with Gasteiger partial charge < -0.3 is 9.88 Å². The summed E-state index contributed by atoms with van der Waals surface area (Å²) in [5.74, 6) is 0.888. The molecule has 0 saturated carbocycles. The number of hydrogen-bond donors (Lipinski definition) is 1. The van der Waals surface area contributed by atoms with Gasteiger partial charge in [0.25, 0.3) is 11.5 Å². The summed E-state index contributed by atoms with van der Waals surface area (Å²) in [4.78, 5) is 38.2. The molecule has 0 aliphatic carbocycles. The minimum atomic E-state index is -0.164. The SMILES string of the molecule is O=C(c1ccccc1)N1CCC(c2nc(-c3nccs3)cc(=O)[nH]2)CC1. The van der Waals surface area contributed by atoms with Crippen LogP contribution in [0.2, 0.25) is 0 Å². The number of thiazole rings is 1. The molecule has 4 rings (SSSR count). The lowest BCUT2D eigenvalue weighted by atomic mass is 9.95. The van der Waals surface area contributed by atoms with Crippen LogP contribution >= 0.6 is 11.3 Å². The molecule has 0 spiro atoms. The van der Waals surface area contributed by atoms with Crippen LogP contribution in [0.3, 0.4) is 0 Å². The third-order valence-electron chi connectivity index (χ3n) is 4.60. The first-order valence-corrected chi connectivity index (χ1v) is 9.44. The summed E-state index contributed by atoms with van der Waals surface area (Å²) in [6, 6.07) is 10.8. The van der Waals surface area contributed by atoms with Crippen molar-refractivity contribution in [3.05, 3.63) is 69.7 Å². The van der Waals surface area contributed by atoms with Crippen molar-refractivity contribution in [2.45, 2.75) is 18.8 Å². The van der Waals surface area contributed by atoms with Gasteiger partial charge in [0.15, 0.2) is 0 Å². The van der Waals surface area contributed by atoms with Crippen LogP contribution in [-0.4, -0.2) is 38.8 Å². The van der Waals surface area contributed by atoms with Gasteiger partial charge in [-0.25, -0.2) is 9.97 Å². The highest BCUT2D eigenvalue weighted by atomic mass is 32.1. The number of likely N-dealkylation sites (tertiary alicyclic amines) is 1. The number of nitrogens with zero attached hydrogens (tertiary/aromatic N) is 3. The highest BCUT2D eigenvalue weighted by molar-refractivity contribution is 7.13. The highest BCUT2D eigenvalue weighted by Gasteiger charge is 2.26. The van der Waals surface area contributed by atoms with Crippen molar-refractivity contribution in [2.75, 3.05) is 13.1 Å². The van der Waals surface area contributed by atoms with Gasteiger partial charge in [0.05, 0.1) is 0 Å². The smallest absolute Gasteiger partial charge is 0.253 e. The van der Waals surface area contributed by atoms with Crippen LogP contribution in [0.25, 0.3) is 10.7 Å². The lowest BCUT2D eigenvalue weighted by Crippen LogP contribution is -2.38. The van der Waals surface area contributed by atoms with Crippen molar-refractivity contribution in [2.24, 2.45) is 0 Å². The van der Waals surface area contributed by atoms with Crippen molar-refractivity contribution < 1.29 is 4.79 Å². The maximum atomic E-state index is 12.6. The Morgan fingerprint density at radius 3 is 2.65 bits per heavy atom. The fourth-order valence-electron chi connectivity index (χ4n) is 3.25. The zero-order valence-electron chi connectivity index (χ0n) is 14.1. The van der Waals surface area contributed by atoms with Gasteiger partial charge in [0.1, 0.15) is 16.5 Å². The Labute approximate surface area is 154 Å². The Bertz CT molecular complexity index is 945. The number of nitrogens with one attached hydrogen (secondary N) is 1. The van der Waals surface area contributed by atoms with E-state index in [4.69, 9.17) is 0 Å². The van der Waals surface area contributed by atoms with Crippen molar-refractivity contribution >= 4 is 17.2 Å². The highest BCUT2D eigenvalue weighted by Crippen LogP contribution is 2.27. The van der Waals surface area contributed by atoms with Crippen LogP contribution in [0.15, 0.2) is 52.8 Å². The maximum Gasteiger partial charge on any atom is 0.253 e. The molecule has 0 atom stereocenters. The van der Waals surface area contributed by atoms with Crippen LogP contribution in [0, 0.1) is 0 Å². The molecular weight excluding hydrogens is 348 g/mol. The molecule has 3 heterocycles. The second kappa shape index (κ2) is 7.21. The third kappa shape index (κ3) is 3.43. The third-order valence-corrected chi connectivity index (χ3v) is 5.40. The predicted octanol–water partition coefficient (Wildman–Crippen LogP) is 2.91.